The second kappa shape index (κ2) is 12.9. The van der Waals surface area contributed by atoms with Crippen molar-refractivity contribution in [3.8, 4) is 0 Å². The van der Waals surface area contributed by atoms with Crippen molar-refractivity contribution >= 4 is 40.3 Å². The molecular weight excluding hydrogens is 526 g/mol. The lowest BCUT2D eigenvalue weighted by Crippen LogP contribution is -2.52. The third-order valence-corrected chi connectivity index (χ3v) is 8.22. The molecule has 1 aromatic heterocycles. The van der Waals surface area contributed by atoms with Gasteiger partial charge in [-0.3, -0.25) is 14.9 Å². The van der Waals surface area contributed by atoms with Gasteiger partial charge in [0.25, 0.3) is 11.6 Å². The number of nitrogens with one attached hydrogen (secondary N) is 2. The maximum atomic E-state index is 13.5. The summed E-state index contributed by atoms with van der Waals surface area (Å²) in [6, 6.07) is 13.6. The van der Waals surface area contributed by atoms with Crippen molar-refractivity contribution in [1.82, 2.24) is 20.2 Å². The summed E-state index contributed by atoms with van der Waals surface area (Å²) >= 11 is 5.69. The molecule has 5 rings (SSSR count). The number of imidazole rings is 1. The summed E-state index contributed by atoms with van der Waals surface area (Å²) in [5.74, 6) is 0.492. The smallest absolute Gasteiger partial charge is 0.269 e. The van der Waals surface area contributed by atoms with Crippen molar-refractivity contribution in [2.45, 2.75) is 38.6 Å². The molecule has 2 fully saturated rings. The van der Waals surface area contributed by atoms with Crippen LogP contribution in [0.4, 0.5) is 17.1 Å². The number of aromatic amines is 1. The number of piperazine rings is 1. The zero-order valence-corrected chi connectivity index (χ0v) is 23.3. The van der Waals surface area contributed by atoms with Gasteiger partial charge in [-0.1, -0.05) is 19.3 Å². The Morgan fingerprint density at radius 3 is 2.38 bits per heavy atom. The molecule has 1 amide bonds. The maximum absolute atomic E-state index is 13.5. The minimum absolute atomic E-state index is 0.0538. The Labute approximate surface area is 239 Å². The van der Waals surface area contributed by atoms with Gasteiger partial charge in [0.2, 0.25) is 0 Å². The van der Waals surface area contributed by atoms with Crippen LogP contribution in [0.3, 0.4) is 0 Å². The number of carbonyl (C=O) groups excluding carboxylic acids is 1. The fraction of sp³-hybridized carbons (Fsp3) is 0.414. The largest absolute Gasteiger partial charge is 0.368 e. The quantitative estimate of drug-likeness (QED) is 0.231. The van der Waals surface area contributed by atoms with E-state index in [1.54, 1.807) is 17.4 Å². The van der Waals surface area contributed by atoms with Gasteiger partial charge in [0.15, 0.2) is 5.11 Å². The molecule has 1 saturated heterocycles. The Morgan fingerprint density at radius 1 is 1.05 bits per heavy atom. The zero-order valence-electron chi connectivity index (χ0n) is 22.5. The lowest BCUT2D eigenvalue weighted by molar-refractivity contribution is -0.384. The van der Waals surface area contributed by atoms with Gasteiger partial charge < -0.3 is 25.0 Å². The number of H-pyrrole nitrogens is 1. The first kappa shape index (κ1) is 27.6. The van der Waals surface area contributed by atoms with E-state index in [4.69, 9.17) is 12.2 Å². The van der Waals surface area contributed by atoms with Crippen LogP contribution in [0.1, 0.15) is 48.2 Å². The third-order valence-electron chi connectivity index (χ3n) is 7.81. The van der Waals surface area contributed by atoms with E-state index in [1.807, 2.05) is 24.3 Å². The Morgan fingerprint density at radius 2 is 1.75 bits per heavy atom. The number of rotatable bonds is 8. The first-order chi connectivity index (χ1) is 19.5. The van der Waals surface area contributed by atoms with Crippen LogP contribution in [0, 0.1) is 16.0 Å². The highest BCUT2D eigenvalue weighted by molar-refractivity contribution is 7.80. The number of nitro groups is 1. The fourth-order valence-electron chi connectivity index (χ4n) is 5.45. The molecule has 2 aliphatic rings. The van der Waals surface area contributed by atoms with Crippen molar-refractivity contribution in [3.05, 3.63) is 82.4 Å². The normalized spacial score (nSPS) is 16.0. The number of nitrogens with zero attached hydrogens (tertiary/aromatic N) is 5. The topological polar surface area (TPSA) is 111 Å². The molecule has 2 aromatic carbocycles. The summed E-state index contributed by atoms with van der Waals surface area (Å²) in [5, 5.41) is 15.4. The number of non-ortho nitro benzene ring substituents is 1. The minimum Gasteiger partial charge on any atom is -0.368 e. The zero-order chi connectivity index (χ0) is 27.9. The number of nitro benzene ring substituents is 1. The van der Waals surface area contributed by atoms with Crippen molar-refractivity contribution < 1.29 is 9.72 Å². The number of amides is 1. The first-order valence-corrected chi connectivity index (χ1v) is 14.3. The van der Waals surface area contributed by atoms with Crippen molar-refractivity contribution in [2.24, 2.45) is 5.92 Å². The van der Waals surface area contributed by atoms with Gasteiger partial charge in [0, 0.05) is 68.0 Å². The van der Waals surface area contributed by atoms with Crippen molar-refractivity contribution in [1.29, 1.82) is 0 Å². The predicted octanol–water partition coefficient (Wildman–Crippen LogP) is 4.74. The molecule has 3 aromatic rings. The molecule has 11 heteroatoms. The monoisotopic (exact) mass is 561 g/mol. The molecule has 1 aliphatic heterocycles. The molecule has 0 spiro atoms. The summed E-state index contributed by atoms with van der Waals surface area (Å²) in [4.78, 5) is 37.4. The highest BCUT2D eigenvalue weighted by atomic mass is 32.1. The van der Waals surface area contributed by atoms with Gasteiger partial charge in [-0.25, -0.2) is 4.98 Å². The minimum atomic E-state index is -0.475. The summed E-state index contributed by atoms with van der Waals surface area (Å²) in [7, 11) is 0. The van der Waals surface area contributed by atoms with Crippen molar-refractivity contribution in [3.63, 3.8) is 0 Å². The van der Waals surface area contributed by atoms with Crippen LogP contribution in [0.5, 0.6) is 0 Å². The van der Waals surface area contributed by atoms with E-state index in [0.717, 1.165) is 60.8 Å². The summed E-state index contributed by atoms with van der Waals surface area (Å²) in [6.45, 7) is 4.73. The van der Waals surface area contributed by atoms with E-state index in [9.17, 15) is 14.9 Å². The van der Waals surface area contributed by atoms with Gasteiger partial charge in [0.1, 0.15) is 0 Å². The summed E-state index contributed by atoms with van der Waals surface area (Å²) < 4.78 is 0. The molecule has 0 radical (unpaired) electrons. The highest BCUT2D eigenvalue weighted by Gasteiger charge is 2.23. The summed E-state index contributed by atoms with van der Waals surface area (Å²) in [6.07, 6.45) is 9.90. The number of benzene rings is 2. The molecule has 40 heavy (non-hydrogen) atoms. The molecular formula is C29H35N7O3S. The second-order valence-corrected chi connectivity index (χ2v) is 10.8. The number of aromatic nitrogens is 2. The van der Waals surface area contributed by atoms with E-state index in [2.05, 4.69) is 25.1 Å². The van der Waals surface area contributed by atoms with E-state index in [0.29, 0.717) is 12.1 Å². The van der Waals surface area contributed by atoms with Crippen LogP contribution >= 0.6 is 12.2 Å². The Kier molecular flexibility index (Phi) is 8.90. The molecule has 0 unspecified atom stereocenters. The maximum Gasteiger partial charge on any atom is 0.269 e. The Bertz CT molecular complexity index is 1280. The fourth-order valence-corrected chi connectivity index (χ4v) is 5.72. The van der Waals surface area contributed by atoms with Crippen LogP contribution in [-0.4, -0.2) is 63.5 Å². The molecule has 10 nitrogen and oxygen atoms in total. The van der Waals surface area contributed by atoms with E-state index >= 15 is 0 Å². The van der Waals surface area contributed by atoms with E-state index in [1.165, 1.54) is 56.4 Å². The van der Waals surface area contributed by atoms with E-state index < -0.39 is 4.92 Å². The van der Waals surface area contributed by atoms with Crippen LogP contribution in [0.25, 0.3) is 0 Å². The average molecular weight is 562 g/mol. The first-order valence-electron chi connectivity index (χ1n) is 13.9. The van der Waals surface area contributed by atoms with Gasteiger partial charge in [-0.2, -0.15) is 0 Å². The van der Waals surface area contributed by atoms with Gasteiger partial charge in [0.05, 0.1) is 23.5 Å². The molecule has 1 aliphatic carbocycles. The molecule has 2 heterocycles. The number of anilines is 2. The number of thiocarbonyl (C=S) groups is 1. The van der Waals surface area contributed by atoms with Crippen LogP contribution in [-0.2, 0) is 6.54 Å². The number of hydrogen-bond donors (Lipinski definition) is 2. The molecule has 0 atom stereocenters. The molecule has 210 valence electrons. The molecule has 2 N–H and O–H groups in total. The SMILES string of the molecule is O=C(c1ccc([N+](=O)[O-])cc1)N(Cc1cnc[nH]1)c1ccc(N2CCN(C(=S)NCC3CCCCC3)CC2)cc1. The summed E-state index contributed by atoms with van der Waals surface area (Å²) in [5.41, 5.74) is 2.92. The molecule has 0 bridgehead atoms. The highest BCUT2D eigenvalue weighted by Crippen LogP contribution is 2.26. The Balaban J connectivity index is 1.21. The van der Waals surface area contributed by atoms with E-state index in [-0.39, 0.29) is 11.6 Å². The van der Waals surface area contributed by atoms with Crippen LogP contribution in [0.2, 0.25) is 0 Å². The Hall–Kier alpha value is -3.99. The standard InChI is InChI=1S/C29H35N7O3S/c37-28(23-6-8-27(9-7-23)36(38)39)35(20-24-19-30-21-32-24)26-12-10-25(11-13-26)33-14-16-34(17-15-33)29(40)31-18-22-4-2-1-3-5-22/h6-13,19,21-22H,1-5,14-18,20H2,(H,30,32)(H,31,40). The van der Waals surface area contributed by atoms with Crippen molar-refractivity contribution in [2.75, 3.05) is 42.5 Å². The van der Waals surface area contributed by atoms with Gasteiger partial charge >= 0.3 is 0 Å². The average Bonchev–Trinajstić information content (AvgIpc) is 3.52. The van der Waals surface area contributed by atoms with Crippen LogP contribution < -0.4 is 15.1 Å². The van der Waals surface area contributed by atoms with Gasteiger partial charge in [-0.05, 0) is 67.4 Å². The third kappa shape index (κ3) is 6.77. The predicted molar refractivity (Wildman–Crippen MR) is 160 cm³/mol. The second-order valence-electron chi connectivity index (χ2n) is 10.5. The molecule has 1 saturated carbocycles. The lowest BCUT2D eigenvalue weighted by Gasteiger charge is -2.38. The number of carbonyl (C=O) groups is 1. The van der Waals surface area contributed by atoms with Crippen LogP contribution in [0.15, 0.2) is 61.1 Å². The lowest BCUT2D eigenvalue weighted by atomic mass is 9.89. The van der Waals surface area contributed by atoms with Gasteiger partial charge in [-0.15, -0.1) is 0 Å². The number of hydrogen-bond acceptors (Lipinski definition) is 6.